The van der Waals surface area contributed by atoms with Crippen LogP contribution in [0.4, 0.5) is 4.39 Å². The third-order valence-corrected chi connectivity index (χ3v) is 7.82. The number of likely N-dealkylation sites (tertiary alicyclic amines) is 1. The zero-order valence-corrected chi connectivity index (χ0v) is 19.8. The number of benzene rings is 1. The highest BCUT2D eigenvalue weighted by Crippen LogP contribution is 2.48. The van der Waals surface area contributed by atoms with Crippen LogP contribution in [-0.2, 0) is 10.3 Å². The van der Waals surface area contributed by atoms with Gasteiger partial charge in [0.2, 0.25) is 5.91 Å². The third kappa shape index (κ3) is 3.58. The lowest BCUT2D eigenvalue weighted by Crippen LogP contribution is -2.54. The average molecular weight is 500 g/mol. The maximum Gasteiger partial charge on any atom is 0.255 e. The Morgan fingerprint density at radius 3 is 2.72 bits per heavy atom. The van der Waals surface area contributed by atoms with Crippen LogP contribution in [0.5, 0.6) is 0 Å². The second-order valence-electron chi connectivity index (χ2n) is 8.54. The summed E-state index contributed by atoms with van der Waals surface area (Å²) in [7, 11) is 1.54. The largest absolute Gasteiger partial charge is 0.369 e. The fraction of sp³-hybridized carbons (Fsp3) is 0.200. The van der Waals surface area contributed by atoms with E-state index >= 15 is 0 Å². The number of aliphatic imine (C=N–C) groups is 1. The van der Waals surface area contributed by atoms with E-state index in [1.807, 2.05) is 24.3 Å². The minimum atomic E-state index is -1.09. The molecule has 178 valence electrons. The highest BCUT2D eigenvalue weighted by molar-refractivity contribution is 7.15. The molecule has 1 aromatic carbocycles. The minimum Gasteiger partial charge on any atom is -0.369 e. The summed E-state index contributed by atoms with van der Waals surface area (Å²) in [4.78, 5) is 39.6. The molecule has 9 nitrogen and oxygen atoms in total. The van der Waals surface area contributed by atoms with Crippen molar-refractivity contribution < 1.29 is 14.0 Å². The number of carbonyl (C=O) groups excluding carboxylic acids is 2. The van der Waals surface area contributed by atoms with Gasteiger partial charge in [0.1, 0.15) is 29.2 Å². The average Bonchev–Trinajstić information content (AvgIpc) is 3.54. The van der Waals surface area contributed by atoms with Gasteiger partial charge in [0.25, 0.3) is 5.91 Å². The van der Waals surface area contributed by atoms with Crippen molar-refractivity contribution in [2.75, 3.05) is 20.1 Å². The number of nitrogens with zero attached hydrogens (tertiary/aromatic N) is 6. The smallest absolute Gasteiger partial charge is 0.255 e. The Morgan fingerprint density at radius 2 is 2.03 bits per heavy atom. The third-order valence-electron chi connectivity index (χ3n) is 6.51. The first-order valence-corrected chi connectivity index (χ1v) is 11.7. The Labute approximate surface area is 209 Å². The van der Waals surface area contributed by atoms with Crippen molar-refractivity contribution in [3.63, 3.8) is 0 Å². The van der Waals surface area contributed by atoms with Gasteiger partial charge in [-0.3, -0.25) is 14.5 Å². The molecule has 3 aromatic rings. The molecule has 1 fully saturated rings. The lowest BCUT2D eigenvalue weighted by atomic mass is 9.84. The van der Waals surface area contributed by atoms with Gasteiger partial charge >= 0.3 is 0 Å². The Morgan fingerprint density at radius 1 is 1.22 bits per heavy atom. The first-order valence-electron chi connectivity index (χ1n) is 10.9. The predicted octanol–water partition coefficient (Wildman–Crippen LogP) is 2.45. The summed E-state index contributed by atoms with van der Waals surface area (Å²) in [5.74, 6) is -1.80. The van der Waals surface area contributed by atoms with Crippen LogP contribution >= 0.6 is 11.3 Å². The molecule has 11 heteroatoms. The second kappa shape index (κ2) is 8.56. The molecule has 0 saturated carbocycles. The molecule has 2 unspecified atom stereocenters. The molecule has 0 radical (unpaired) electrons. The molecular weight excluding hydrogens is 481 g/mol. The van der Waals surface area contributed by atoms with Gasteiger partial charge in [0.15, 0.2) is 5.96 Å². The van der Waals surface area contributed by atoms with Gasteiger partial charge in [-0.2, -0.15) is 10.5 Å². The van der Waals surface area contributed by atoms with E-state index < -0.39 is 17.3 Å². The Kier molecular flexibility index (Phi) is 5.50. The fourth-order valence-corrected chi connectivity index (χ4v) is 5.76. The lowest BCUT2D eigenvalue weighted by molar-refractivity contribution is -0.132. The predicted molar refractivity (Wildman–Crippen MR) is 129 cm³/mol. The number of rotatable bonds is 3. The van der Waals surface area contributed by atoms with Crippen LogP contribution < -0.4 is 5.73 Å². The van der Waals surface area contributed by atoms with E-state index in [0.29, 0.717) is 11.1 Å². The van der Waals surface area contributed by atoms with Gasteiger partial charge in [-0.15, -0.1) is 11.3 Å². The fourth-order valence-electron chi connectivity index (χ4n) is 4.58. The molecule has 1 saturated heterocycles. The molecule has 2 N–H and O–H groups in total. The number of halogens is 1. The van der Waals surface area contributed by atoms with Gasteiger partial charge in [-0.25, -0.2) is 14.4 Å². The van der Waals surface area contributed by atoms with E-state index in [-0.39, 0.29) is 42.1 Å². The standard InChI is InChI=1S/C25H18FN7O2S/c1-32-23(35)18-12-33(22(34)15-2-4-17(10-28)30-11-15)13-25(18,31-24(32)29)21-7-6-20(36-21)14-3-5-19(26)16(8-14)9-27/h2-8,11,18H,12-13H2,1H3,(H2,29,31). The Bertz CT molecular complexity index is 1520. The molecule has 36 heavy (non-hydrogen) atoms. The normalized spacial score (nSPS) is 20.9. The summed E-state index contributed by atoms with van der Waals surface area (Å²) in [6.07, 6.45) is 1.34. The van der Waals surface area contributed by atoms with Crippen molar-refractivity contribution in [3.8, 4) is 22.6 Å². The highest BCUT2D eigenvalue weighted by Gasteiger charge is 2.57. The van der Waals surface area contributed by atoms with Crippen LogP contribution in [0, 0.1) is 34.4 Å². The number of guanidine groups is 1. The monoisotopic (exact) mass is 499 g/mol. The summed E-state index contributed by atoms with van der Waals surface area (Å²) in [5.41, 5.74) is 6.11. The molecule has 2 atom stereocenters. The molecule has 2 aliphatic rings. The second-order valence-corrected chi connectivity index (χ2v) is 9.63. The van der Waals surface area contributed by atoms with Gasteiger partial charge < -0.3 is 10.6 Å². The van der Waals surface area contributed by atoms with Crippen LogP contribution in [0.1, 0.15) is 26.5 Å². The number of amides is 2. The summed E-state index contributed by atoms with van der Waals surface area (Å²) in [6.45, 7) is 0.241. The number of pyridine rings is 1. The van der Waals surface area contributed by atoms with Crippen LogP contribution in [-0.4, -0.2) is 52.7 Å². The van der Waals surface area contributed by atoms with Crippen molar-refractivity contribution >= 4 is 29.1 Å². The number of nitrogens with two attached hydrogens (primary N) is 1. The number of hydrogen-bond donors (Lipinski definition) is 1. The first-order chi connectivity index (χ1) is 17.3. The SMILES string of the molecule is CN1C(=O)C2CN(C(=O)c3ccc(C#N)nc3)CC2(c2ccc(-c3ccc(F)c(C#N)c3)s2)N=C1N. The quantitative estimate of drug-likeness (QED) is 0.587. The van der Waals surface area contributed by atoms with E-state index in [4.69, 9.17) is 16.0 Å². The number of nitriles is 2. The number of carbonyl (C=O) groups is 2. The minimum absolute atomic E-state index is 0.0501. The number of thiophene rings is 1. The topological polar surface area (TPSA) is 139 Å². The van der Waals surface area contributed by atoms with Gasteiger partial charge in [0.05, 0.1) is 23.6 Å². The zero-order chi connectivity index (χ0) is 25.6. The molecule has 2 aromatic heterocycles. The van der Waals surface area contributed by atoms with Crippen molar-refractivity contribution in [2.24, 2.45) is 16.6 Å². The van der Waals surface area contributed by atoms with Crippen molar-refractivity contribution in [3.05, 3.63) is 76.2 Å². The van der Waals surface area contributed by atoms with E-state index in [1.54, 1.807) is 18.0 Å². The van der Waals surface area contributed by atoms with E-state index in [1.165, 1.54) is 46.7 Å². The van der Waals surface area contributed by atoms with E-state index in [0.717, 1.165) is 9.75 Å². The van der Waals surface area contributed by atoms with E-state index in [9.17, 15) is 19.2 Å². The maximum atomic E-state index is 13.8. The summed E-state index contributed by atoms with van der Waals surface area (Å²) in [5, 5.41) is 18.2. The Balaban J connectivity index is 1.55. The van der Waals surface area contributed by atoms with Gasteiger partial charge in [-0.05, 0) is 42.0 Å². The zero-order valence-electron chi connectivity index (χ0n) is 19.0. The highest BCUT2D eigenvalue weighted by atomic mass is 32.1. The van der Waals surface area contributed by atoms with Gasteiger partial charge in [0, 0.05) is 29.5 Å². The summed E-state index contributed by atoms with van der Waals surface area (Å²) >= 11 is 1.35. The van der Waals surface area contributed by atoms with Crippen LogP contribution in [0.15, 0.2) is 53.7 Å². The first kappa shape index (κ1) is 23.1. The molecule has 5 rings (SSSR count). The number of fused-ring (bicyclic) bond motifs is 1. The molecular formula is C25H18FN7O2S. The summed E-state index contributed by atoms with van der Waals surface area (Å²) in [6, 6.07) is 14.7. The number of hydrogen-bond acceptors (Lipinski definition) is 8. The number of aromatic nitrogens is 1. The van der Waals surface area contributed by atoms with Crippen LogP contribution in [0.25, 0.3) is 10.4 Å². The lowest BCUT2D eigenvalue weighted by Gasteiger charge is -2.36. The molecule has 2 amide bonds. The maximum absolute atomic E-state index is 13.8. The summed E-state index contributed by atoms with van der Waals surface area (Å²) < 4.78 is 13.8. The van der Waals surface area contributed by atoms with Crippen molar-refractivity contribution in [2.45, 2.75) is 5.54 Å². The molecule has 2 aliphatic heterocycles. The molecule has 4 heterocycles. The van der Waals surface area contributed by atoms with Crippen molar-refractivity contribution in [1.29, 1.82) is 10.5 Å². The van der Waals surface area contributed by atoms with Crippen molar-refractivity contribution in [1.82, 2.24) is 14.8 Å². The van der Waals surface area contributed by atoms with Gasteiger partial charge in [-0.1, -0.05) is 6.07 Å². The molecule has 0 spiro atoms. The molecule has 0 bridgehead atoms. The van der Waals surface area contributed by atoms with Crippen LogP contribution in [0.2, 0.25) is 0 Å². The van der Waals surface area contributed by atoms with E-state index in [2.05, 4.69) is 4.98 Å². The van der Waals surface area contributed by atoms with Crippen LogP contribution in [0.3, 0.4) is 0 Å². The Hall–Kier alpha value is -4.61. The molecule has 0 aliphatic carbocycles.